The highest BCUT2D eigenvalue weighted by atomic mass is 15.3. The molecule has 2 aromatic heterocycles. The molecule has 5 nitrogen and oxygen atoms in total. The Balaban J connectivity index is 0.000000774. The third-order valence-corrected chi connectivity index (χ3v) is 2.68. The maximum atomic E-state index is 4.16. The van der Waals surface area contributed by atoms with Crippen LogP contribution in [0.4, 0.5) is 0 Å². The van der Waals surface area contributed by atoms with Gasteiger partial charge in [0.2, 0.25) is 11.6 Å². The van der Waals surface area contributed by atoms with Crippen molar-refractivity contribution in [3.8, 4) is 22.9 Å². The SMILES string of the molecule is CC.Cc1ccc(-c2nnc(-c3ccccn3)nn2)cc1. The minimum atomic E-state index is 0.427. The number of nitrogens with zero attached hydrogens (tertiary/aromatic N) is 5. The van der Waals surface area contributed by atoms with Crippen molar-refractivity contribution in [2.45, 2.75) is 20.8 Å². The van der Waals surface area contributed by atoms with E-state index in [0.717, 1.165) is 5.56 Å². The summed E-state index contributed by atoms with van der Waals surface area (Å²) in [5, 5.41) is 16.3. The Labute approximate surface area is 124 Å². The van der Waals surface area contributed by atoms with Gasteiger partial charge in [-0.05, 0) is 19.1 Å². The smallest absolute Gasteiger partial charge is 0.221 e. The first-order valence-electron chi connectivity index (χ1n) is 6.89. The summed E-state index contributed by atoms with van der Waals surface area (Å²) < 4.78 is 0. The Morgan fingerprint density at radius 1 is 0.714 bits per heavy atom. The normalized spacial score (nSPS) is 9.67. The summed E-state index contributed by atoms with van der Waals surface area (Å²) in [5.74, 6) is 0.941. The van der Waals surface area contributed by atoms with Crippen LogP contribution in [0.15, 0.2) is 48.7 Å². The first kappa shape index (κ1) is 14.7. The van der Waals surface area contributed by atoms with E-state index in [1.165, 1.54) is 5.56 Å². The highest BCUT2D eigenvalue weighted by Crippen LogP contribution is 2.15. The van der Waals surface area contributed by atoms with E-state index in [1.807, 2.05) is 63.2 Å². The molecule has 3 aromatic rings. The van der Waals surface area contributed by atoms with Gasteiger partial charge in [-0.25, -0.2) is 0 Å². The molecule has 0 spiro atoms. The lowest BCUT2D eigenvalue weighted by molar-refractivity contribution is 0.870. The molecule has 0 radical (unpaired) electrons. The van der Waals surface area contributed by atoms with E-state index < -0.39 is 0 Å². The molecule has 2 heterocycles. The van der Waals surface area contributed by atoms with E-state index in [9.17, 15) is 0 Å². The van der Waals surface area contributed by atoms with Gasteiger partial charge < -0.3 is 0 Å². The molecule has 0 aliphatic carbocycles. The number of aromatic nitrogens is 5. The second-order valence-corrected chi connectivity index (χ2v) is 4.13. The van der Waals surface area contributed by atoms with E-state index in [2.05, 4.69) is 25.4 Å². The average molecular weight is 279 g/mol. The molecule has 0 unspecified atom stereocenters. The summed E-state index contributed by atoms with van der Waals surface area (Å²) in [6.45, 7) is 6.03. The first-order valence-corrected chi connectivity index (χ1v) is 6.89. The summed E-state index contributed by atoms with van der Waals surface area (Å²) in [5.41, 5.74) is 2.76. The second kappa shape index (κ2) is 7.19. The largest absolute Gasteiger partial charge is 0.253 e. The standard InChI is InChI=1S/C14H11N5.C2H6/c1-10-5-7-11(8-6-10)13-16-18-14(19-17-13)12-4-2-3-9-15-12;1-2/h2-9H,1H3;1-2H3. The van der Waals surface area contributed by atoms with E-state index >= 15 is 0 Å². The topological polar surface area (TPSA) is 64.5 Å². The van der Waals surface area contributed by atoms with Crippen LogP contribution in [-0.2, 0) is 0 Å². The third kappa shape index (κ3) is 3.66. The molecule has 0 saturated heterocycles. The third-order valence-electron chi connectivity index (χ3n) is 2.68. The highest BCUT2D eigenvalue weighted by molar-refractivity contribution is 5.55. The molecule has 106 valence electrons. The molecule has 21 heavy (non-hydrogen) atoms. The van der Waals surface area contributed by atoms with Gasteiger partial charge in [-0.2, -0.15) is 0 Å². The van der Waals surface area contributed by atoms with Gasteiger partial charge in [0, 0.05) is 11.8 Å². The fourth-order valence-corrected chi connectivity index (χ4v) is 1.65. The lowest BCUT2D eigenvalue weighted by Gasteiger charge is -2.00. The van der Waals surface area contributed by atoms with Gasteiger partial charge in [-0.3, -0.25) is 4.98 Å². The lowest BCUT2D eigenvalue weighted by Crippen LogP contribution is -2.00. The molecule has 3 rings (SSSR count). The maximum absolute atomic E-state index is 4.16. The van der Waals surface area contributed by atoms with E-state index in [-0.39, 0.29) is 0 Å². The fraction of sp³-hybridized carbons (Fsp3) is 0.188. The molecule has 0 aliphatic rings. The molecule has 0 aliphatic heterocycles. The van der Waals surface area contributed by atoms with Crippen LogP contribution in [0.5, 0.6) is 0 Å². The van der Waals surface area contributed by atoms with Crippen LogP contribution in [0.25, 0.3) is 22.9 Å². The van der Waals surface area contributed by atoms with E-state index in [0.29, 0.717) is 17.3 Å². The molecule has 1 aromatic carbocycles. The van der Waals surface area contributed by atoms with Crippen molar-refractivity contribution in [1.29, 1.82) is 0 Å². The minimum Gasteiger partial charge on any atom is -0.253 e. The summed E-state index contributed by atoms with van der Waals surface area (Å²) in [4.78, 5) is 4.16. The van der Waals surface area contributed by atoms with Gasteiger partial charge in [0.15, 0.2) is 0 Å². The van der Waals surface area contributed by atoms with Crippen molar-refractivity contribution in [2.24, 2.45) is 0 Å². The van der Waals surface area contributed by atoms with Crippen LogP contribution in [-0.4, -0.2) is 25.4 Å². The molecule has 0 N–H and O–H groups in total. The van der Waals surface area contributed by atoms with Crippen LogP contribution in [0, 0.1) is 6.92 Å². The Kier molecular flexibility index (Phi) is 5.04. The van der Waals surface area contributed by atoms with Crippen molar-refractivity contribution in [2.75, 3.05) is 0 Å². The molecular formula is C16H17N5. The van der Waals surface area contributed by atoms with Gasteiger partial charge in [0.1, 0.15) is 5.69 Å². The van der Waals surface area contributed by atoms with Crippen LogP contribution in [0.2, 0.25) is 0 Å². The number of hydrogen-bond donors (Lipinski definition) is 0. The molecular weight excluding hydrogens is 262 g/mol. The van der Waals surface area contributed by atoms with E-state index in [1.54, 1.807) is 6.20 Å². The van der Waals surface area contributed by atoms with Crippen LogP contribution < -0.4 is 0 Å². The number of pyridine rings is 1. The van der Waals surface area contributed by atoms with Crippen molar-refractivity contribution < 1.29 is 0 Å². The molecule has 0 bridgehead atoms. The Morgan fingerprint density at radius 3 is 1.90 bits per heavy atom. The predicted octanol–water partition coefficient (Wildman–Crippen LogP) is 3.33. The molecule has 0 fully saturated rings. The molecule has 0 amide bonds. The summed E-state index contributed by atoms with van der Waals surface area (Å²) >= 11 is 0. The number of benzene rings is 1. The molecule has 0 saturated carbocycles. The number of hydrogen-bond acceptors (Lipinski definition) is 5. The Morgan fingerprint density at radius 2 is 1.33 bits per heavy atom. The Hall–Kier alpha value is -2.69. The van der Waals surface area contributed by atoms with Gasteiger partial charge in [0.25, 0.3) is 0 Å². The lowest BCUT2D eigenvalue weighted by atomic mass is 10.1. The molecule has 5 heteroatoms. The first-order chi connectivity index (χ1) is 10.3. The summed E-state index contributed by atoms with van der Waals surface area (Å²) in [7, 11) is 0. The van der Waals surface area contributed by atoms with Gasteiger partial charge in [-0.1, -0.05) is 49.7 Å². The van der Waals surface area contributed by atoms with E-state index in [4.69, 9.17) is 0 Å². The number of rotatable bonds is 2. The van der Waals surface area contributed by atoms with Crippen molar-refractivity contribution in [3.05, 3.63) is 54.2 Å². The zero-order chi connectivity index (χ0) is 15.1. The van der Waals surface area contributed by atoms with Gasteiger partial charge in [-0.15, -0.1) is 20.4 Å². The maximum Gasteiger partial charge on any atom is 0.221 e. The monoisotopic (exact) mass is 279 g/mol. The minimum absolute atomic E-state index is 0.427. The quantitative estimate of drug-likeness (QED) is 0.720. The Bertz CT molecular complexity index is 663. The fourth-order valence-electron chi connectivity index (χ4n) is 1.65. The highest BCUT2D eigenvalue weighted by Gasteiger charge is 2.06. The predicted molar refractivity (Wildman–Crippen MR) is 82.4 cm³/mol. The van der Waals surface area contributed by atoms with Crippen LogP contribution in [0.3, 0.4) is 0 Å². The number of aryl methyl sites for hydroxylation is 1. The average Bonchev–Trinajstić information content (AvgIpc) is 2.58. The summed E-state index contributed by atoms with van der Waals surface area (Å²) in [6.07, 6.45) is 1.69. The zero-order valence-electron chi connectivity index (χ0n) is 12.4. The van der Waals surface area contributed by atoms with Crippen molar-refractivity contribution in [1.82, 2.24) is 25.4 Å². The molecule has 0 atom stereocenters. The zero-order valence-corrected chi connectivity index (χ0v) is 12.4. The van der Waals surface area contributed by atoms with Gasteiger partial charge in [0.05, 0.1) is 0 Å². The van der Waals surface area contributed by atoms with Crippen LogP contribution in [0.1, 0.15) is 19.4 Å². The van der Waals surface area contributed by atoms with Crippen LogP contribution >= 0.6 is 0 Å². The second-order valence-electron chi connectivity index (χ2n) is 4.13. The van der Waals surface area contributed by atoms with Gasteiger partial charge >= 0.3 is 0 Å². The van der Waals surface area contributed by atoms with Crippen molar-refractivity contribution >= 4 is 0 Å². The summed E-state index contributed by atoms with van der Waals surface area (Å²) in [6, 6.07) is 13.5. The van der Waals surface area contributed by atoms with Crippen molar-refractivity contribution in [3.63, 3.8) is 0 Å².